The van der Waals surface area contributed by atoms with E-state index in [1.54, 1.807) is 4.68 Å². The molecule has 1 aromatic carbocycles. The summed E-state index contributed by atoms with van der Waals surface area (Å²) in [6, 6.07) is 7.77. The highest BCUT2D eigenvalue weighted by Gasteiger charge is 2.20. The van der Waals surface area contributed by atoms with Crippen LogP contribution in [-0.4, -0.2) is 33.3 Å². The maximum atomic E-state index is 12.2. The molecule has 2 aromatic rings. The second-order valence-electron chi connectivity index (χ2n) is 6.48. The average molecular weight is 343 g/mol. The van der Waals surface area contributed by atoms with Crippen LogP contribution in [0.3, 0.4) is 0 Å². The second kappa shape index (κ2) is 7.96. The van der Waals surface area contributed by atoms with Crippen LogP contribution in [0.2, 0.25) is 0 Å². The van der Waals surface area contributed by atoms with Gasteiger partial charge in [0.05, 0.1) is 18.0 Å². The highest BCUT2D eigenvalue weighted by atomic mass is 16.4. The largest absolute Gasteiger partial charge is 0.481 e. The number of aliphatic carboxylic acids is 1. The highest BCUT2D eigenvalue weighted by molar-refractivity contribution is 5.80. The van der Waals surface area contributed by atoms with Crippen LogP contribution in [0.15, 0.2) is 24.3 Å². The van der Waals surface area contributed by atoms with E-state index in [1.165, 1.54) is 0 Å². The quantitative estimate of drug-likeness (QED) is 0.805. The van der Waals surface area contributed by atoms with Crippen molar-refractivity contribution in [1.82, 2.24) is 15.1 Å². The number of amides is 1. The van der Waals surface area contributed by atoms with Gasteiger partial charge in [-0.2, -0.15) is 5.10 Å². The first-order chi connectivity index (χ1) is 11.8. The summed E-state index contributed by atoms with van der Waals surface area (Å²) < 4.78 is 1.75. The molecule has 6 heteroatoms. The number of rotatable bonds is 7. The minimum atomic E-state index is -0.908. The number of benzene rings is 1. The Bertz CT molecular complexity index is 763. The van der Waals surface area contributed by atoms with Gasteiger partial charge >= 0.3 is 5.97 Å². The molecular weight excluding hydrogens is 318 g/mol. The lowest BCUT2D eigenvalue weighted by molar-refractivity contribution is -0.141. The number of hydrogen-bond acceptors (Lipinski definition) is 3. The summed E-state index contributed by atoms with van der Waals surface area (Å²) in [4.78, 5) is 23.7. The van der Waals surface area contributed by atoms with Crippen LogP contribution < -0.4 is 5.32 Å². The fourth-order valence-corrected chi connectivity index (χ4v) is 2.79. The first-order valence-corrected chi connectivity index (χ1v) is 8.32. The van der Waals surface area contributed by atoms with E-state index in [-0.39, 0.29) is 18.9 Å². The first-order valence-electron chi connectivity index (χ1n) is 8.32. The average Bonchev–Trinajstić information content (AvgIpc) is 2.79. The molecule has 6 nitrogen and oxygen atoms in total. The number of hydrogen-bond donors (Lipinski definition) is 2. The van der Waals surface area contributed by atoms with Crippen LogP contribution in [0.4, 0.5) is 0 Å². The second-order valence-corrected chi connectivity index (χ2v) is 6.48. The van der Waals surface area contributed by atoms with Crippen molar-refractivity contribution in [1.29, 1.82) is 0 Å². The number of aromatic nitrogens is 2. The number of carboxylic acids is 1. The Hall–Kier alpha value is -2.63. The molecule has 1 aromatic heterocycles. The van der Waals surface area contributed by atoms with Crippen molar-refractivity contribution >= 4 is 11.9 Å². The molecular formula is C19H25N3O3. The number of carbonyl (C=O) groups excluding carboxylic acids is 1. The van der Waals surface area contributed by atoms with Gasteiger partial charge in [0.25, 0.3) is 0 Å². The van der Waals surface area contributed by atoms with Gasteiger partial charge in [-0.1, -0.05) is 29.8 Å². The molecule has 134 valence electrons. The van der Waals surface area contributed by atoms with Crippen LogP contribution in [0.1, 0.15) is 28.1 Å². The van der Waals surface area contributed by atoms with E-state index in [4.69, 9.17) is 0 Å². The lowest BCUT2D eigenvalue weighted by Crippen LogP contribution is -2.35. The Balaban J connectivity index is 1.95. The Morgan fingerprint density at radius 1 is 1.20 bits per heavy atom. The zero-order chi connectivity index (χ0) is 18.6. The summed E-state index contributed by atoms with van der Waals surface area (Å²) in [7, 11) is 1.84. The van der Waals surface area contributed by atoms with Gasteiger partial charge in [-0.25, -0.2) is 0 Å². The minimum absolute atomic E-state index is 0.112. The van der Waals surface area contributed by atoms with E-state index in [2.05, 4.69) is 10.4 Å². The molecule has 0 aliphatic heterocycles. The third kappa shape index (κ3) is 4.92. The van der Waals surface area contributed by atoms with E-state index in [0.717, 1.165) is 28.1 Å². The van der Waals surface area contributed by atoms with E-state index in [1.807, 2.05) is 52.1 Å². The fourth-order valence-electron chi connectivity index (χ4n) is 2.79. The standard InChI is InChI=1S/C19H25N3O3/c1-12-5-7-15(8-6-12)9-16(19(24)25)11-20-18(23)10-17-13(2)21-22(4)14(17)3/h5-8,16H,9-11H2,1-4H3,(H,20,23)(H,24,25)/t16-/m0/s1. The molecule has 0 aliphatic carbocycles. The topological polar surface area (TPSA) is 84.2 Å². The third-order valence-electron chi connectivity index (χ3n) is 4.49. The maximum absolute atomic E-state index is 12.2. The van der Waals surface area contributed by atoms with Crippen molar-refractivity contribution in [2.45, 2.75) is 33.6 Å². The van der Waals surface area contributed by atoms with Crippen molar-refractivity contribution in [2.24, 2.45) is 13.0 Å². The van der Waals surface area contributed by atoms with E-state index in [0.29, 0.717) is 6.42 Å². The zero-order valence-electron chi connectivity index (χ0n) is 15.2. The van der Waals surface area contributed by atoms with Crippen LogP contribution in [0.25, 0.3) is 0 Å². The molecule has 1 atom stereocenters. The monoisotopic (exact) mass is 343 g/mol. The molecule has 0 saturated heterocycles. The highest BCUT2D eigenvalue weighted by Crippen LogP contribution is 2.13. The number of carbonyl (C=O) groups is 2. The molecule has 2 N–H and O–H groups in total. The zero-order valence-corrected chi connectivity index (χ0v) is 15.2. The molecule has 0 radical (unpaired) electrons. The van der Waals surface area contributed by atoms with Crippen molar-refractivity contribution < 1.29 is 14.7 Å². The molecule has 1 heterocycles. The number of aryl methyl sites for hydroxylation is 3. The molecule has 2 rings (SSSR count). The van der Waals surface area contributed by atoms with Crippen molar-refractivity contribution in [3.8, 4) is 0 Å². The predicted molar refractivity (Wildman–Crippen MR) is 95.4 cm³/mol. The third-order valence-corrected chi connectivity index (χ3v) is 4.49. The molecule has 0 aliphatic rings. The van der Waals surface area contributed by atoms with E-state index in [9.17, 15) is 14.7 Å². The van der Waals surface area contributed by atoms with Crippen LogP contribution in [0, 0.1) is 26.7 Å². The van der Waals surface area contributed by atoms with Crippen LogP contribution in [0.5, 0.6) is 0 Å². The summed E-state index contributed by atoms with van der Waals surface area (Å²) in [6.45, 7) is 5.88. The number of carboxylic acid groups (broad SMARTS) is 1. The van der Waals surface area contributed by atoms with Gasteiger partial charge in [-0.15, -0.1) is 0 Å². The van der Waals surface area contributed by atoms with E-state index < -0.39 is 11.9 Å². The van der Waals surface area contributed by atoms with Gasteiger partial charge in [0.1, 0.15) is 0 Å². The summed E-state index contributed by atoms with van der Waals surface area (Å²) in [6.07, 6.45) is 0.600. The molecule has 1 amide bonds. The first kappa shape index (κ1) is 18.7. The lowest BCUT2D eigenvalue weighted by atomic mass is 9.98. The Morgan fingerprint density at radius 3 is 2.36 bits per heavy atom. The summed E-state index contributed by atoms with van der Waals surface area (Å²) in [5.41, 5.74) is 4.74. The molecule has 0 saturated carbocycles. The van der Waals surface area contributed by atoms with Crippen molar-refractivity contribution in [3.63, 3.8) is 0 Å². The summed E-state index contributed by atoms with van der Waals surface area (Å²) in [5.74, 6) is -1.74. The molecule has 0 spiro atoms. The Kier molecular flexibility index (Phi) is 5.96. The lowest BCUT2D eigenvalue weighted by Gasteiger charge is -2.14. The summed E-state index contributed by atoms with van der Waals surface area (Å²) in [5, 5.41) is 16.5. The normalized spacial score (nSPS) is 12.0. The number of nitrogens with zero attached hydrogens (tertiary/aromatic N) is 2. The van der Waals surface area contributed by atoms with Gasteiger partial charge in [0.15, 0.2) is 0 Å². The van der Waals surface area contributed by atoms with E-state index >= 15 is 0 Å². The summed E-state index contributed by atoms with van der Waals surface area (Å²) >= 11 is 0. The maximum Gasteiger partial charge on any atom is 0.308 e. The van der Waals surface area contributed by atoms with Crippen molar-refractivity contribution in [3.05, 3.63) is 52.3 Å². The molecule has 0 unspecified atom stereocenters. The van der Waals surface area contributed by atoms with Crippen molar-refractivity contribution in [2.75, 3.05) is 6.54 Å². The molecule has 0 bridgehead atoms. The SMILES string of the molecule is Cc1ccc(C[C@@H](CNC(=O)Cc2c(C)nn(C)c2C)C(=O)O)cc1. The van der Waals surface area contributed by atoms with Crippen LogP contribution in [-0.2, 0) is 29.5 Å². The molecule has 0 fully saturated rings. The number of nitrogens with one attached hydrogen (secondary N) is 1. The van der Waals surface area contributed by atoms with Gasteiger partial charge in [-0.05, 0) is 32.8 Å². The minimum Gasteiger partial charge on any atom is -0.481 e. The predicted octanol–water partition coefficient (Wildman–Crippen LogP) is 1.95. The van der Waals surface area contributed by atoms with Gasteiger partial charge < -0.3 is 10.4 Å². The Labute approximate surface area is 147 Å². The van der Waals surface area contributed by atoms with Gasteiger partial charge in [-0.3, -0.25) is 14.3 Å². The smallest absolute Gasteiger partial charge is 0.308 e. The fraction of sp³-hybridized carbons (Fsp3) is 0.421. The van der Waals surface area contributed by atoms with Gasteiger partial charge in [0, 0.05) is 24.8 Å². The van der Waals surface area contributed by atoms with Crippen LogP contribution >= 0.6 is 0 Å². The molecule has 25 heavy (non-hydrogen) atoms. The Morgan fingerprint density at radius 2 is 1.84 bits per heavy atom. The van der Waals surface area contributed by atoms with Gasteiger partial charge in [0.2, 0.25) is 5.91 Å².